The zero-order valence-corrected chi connectivity index (χ0v) is 19.6. The summed E-state index contributed by atoms with van der Waals surface area (Å²) in [5.74, 6) is 0.562. The summed E-state index contributed by atoms with van der Waals surface area (Å²) in [7, 11) is 0. The molecule has 1 aliphatic rings. The van der Waals surface area contributed by atoms with E-state index in [2.05, 4.69) is 38.2 Å². The van der Waals surface area contributed by atoms with E-state index in [0.717, 1.165) is 16.9 Å². The molecular weight excluding hydrogens is 392 g/mol. The lowest BCUT2D eigenvalue weighted by Crippen LogP contribution is -2.28. The molecule has 0 spiro atoms. The molecule has 0 saturated carbocycles. The lowest BCUT2D eigenvalue weighted by Gasteiger charge is -2.26. The van der Waals surface area contributed by atoms with Gasteiger partial charge in [0.15, 0.2) is 0 Å². The molecule has 1 saturated heterocycles. The molecule has 1 fully saturated rings. The Morgan fingerprint density at radius 1 is 1.07 bits per heavy atom. The maximum atomic E-state index is 12.7. The highest BCUT2D eigenvalue weighted by molar-refractivity contribution is 8.00. The Balaban J connectivity index is 1.82. The van der Waals surface area contributed by atoms with Crippen molar-refractivity contribution in [2.24, 2.45) is 5.41 Å². The summed E-state index contributed by atoms with van der Waals surface area (Å²) in [6.45, 7) is 12.7. The standard InChI is InChI=1S/C25H32N2O2S/c1-24(2,3)15-21(28)26-19-9-7-8-17(14-19)23-27(22(29)16-30-23)20-12-10-18(11-13-20)25(4,5)6/h7-14,23H,15-16H2,1-6H3,(H,26,28). The molecule has 2 amide bonds. The van der Waals surface area contributed by atoms with Gasteiger partial charge in [0.2, 0.25) is 11.8 Å². The van der Waals surface area contributed by atoms with Crippen molar-refractivity contribution < 1.29 is 9.59 Å². The Hall–Kier alpha value is -2.27. The number of anilines is 2. The average Bonchev–Trinajstić information content (AvgIpc) is 3.01. The minimum Gasteiger partial charge on any atom is -0.326 e. The molecule has 1 atom stereocenters. The number of nitrogens with one attached hydrogen (secondary N) is 1. The van der Waals surface area contributed by atoms with Crippen LogP contribution in [0.1, 0.15) is 64.5 Å². The summed E-state index contributed by atoms with van der Waals surface area (Å²) in [5.41, 5.74) is 3.94. The molecule has 160 valence electrons. The maximum Gasteiger partial charge on any atom is 0.238 e. The van der Waals surface area contributed by atoms with Crippen LogP contribution in [0, 0.1) is 5.41 Å². The first-order valence-corrected chi connectivity index (χ1v) is 11.4. The lowest BCUT2D eigenvalue weighted by molar-refractivity contribution is -0.118. The number of benzene rings is 2. The van der Waals surface area contributed by atoms with E-state index in [1.165, 1.54) is 5.56 Å². The summed E-state index contributed by atoms with van der Waals surface area (Å²) < 4.78 is 0. The molecule has 30 heavy (non-hydrogen) atoms. The lowest BCUT2D eigenvalue weighted by atomic mass is 9.87. The van der Waals surface area contributed by atoms with Crippen molar-refractivity contribution in [3.05, 3.63) is 59.7 Å². The van der Waals surface area contributed by atoms with Crippen LogP contribution in [0.15, 0.2) is 48.5 Å². The molecule has 1 N–H and O–H groups in total. The number of rotatable bonds is 4. The van der Waals surface area contributed by atoms with Crippen LogP contribution in [0.5, 0.6) is 0 Å². The van der Waals surface area contributed by atoms with Crippen LogP contribution in [0.4, 0.5) is 11.4 Å². The van der Waals surface area contributed by atoms with Gasteiger partial charge in [0.05, 0.1) is 5.75 Å². The monoisotopic (exact) mass is 424 g/mol. The summed E-state index contributed by atoms with van der Waals surface area (Å²) in [4.78, 5) is 26.9. The van der Waals surface area contributed by atoms with Gasteiger partial charge in [0, 0.05) is 17.8 Å². The van der Waals surface area contributed by atoms with Crippen molar-refractivity contribution in [1.29, 1.82) is 0 Å². The molecule has 1 heterocycles. The smallest absolute Gasteiger partial charge is 0.238 e. The van der Waals surface area contributed by atoms with Crippen LogP contribution in [0.2, 0.25) is 0 Å². The summed E-state index contributed by atoms with van der Waals surface area (Å²) >= 11 is 1.62. The van der Waals surface area contributed by atoms with E-state index in [1.807, 2.05) is 62.1 Å². The topological polar surface area (TPSA) is 49.4 Å². The first kappa shape index (κ1) is 22.4. The molecule has 2 aromatic rings. The van der Waals surface area contributed by atoms with Gasteiger partial charge in [-0.1, -0.05) is 65.8 Å². The van der Waals surface area contributed by atoms with E-state index in [-0.39, 0.29) is 28.0 Å². The van der Waals surface area contributed by atoms with Crippen LogP contribution in [0.25, 0.3) is 0 Å². The first-order valence-electron chi connectivity index (χ1n) is 10.4. The SMILES string of the molecule is CC(C)(C)CC(=O)Nc1cccc(C2SCC(=O)N2c2ccc(C(C)(C)C)cc2)c1. The molecule has 5 heteroatoms. The van der Waals surface area contributed by atoms with E-state index in [9.17, 15) is 9.59 Å². The van der Waals surface area contributed by atoms with Gasteiger partial charge >= 0.3 is 0 Å². The average molecular weight is 425 g/mol. The number of hydrogen-bond donors (Lipinski definition) is 1. The van der Waals surface area contributed by atoms with Crippen LogP contribution < -0.4 is 10.2 Å². The molecule has 4 nitrogen and oxygen atoms in total. The number of nitrogens with zero attached hydrogens (tertiary/aromatic N) is 1. The van der Waals surface area contributed by atoms with Gasteiger partial charge in [-0.25, -0.2) is 0 Å². The van der Waals surface area contributed by atoms with Gasteiger partial charge in [0.1, 0.15) is 5.37 Å². The molecule has 2 aromatic carbocycles. The number of carbonyl (C=O) groups is 2. The molecule has 3 rings (SSSR count). The highest BCUT2D eigenvalue weighted by Gasteiger charge is 2.34. The predicted molar refractivity (Wildman–Crippen MR) is 127 cm³/mol. The van der Waals surface area contributed by atoms with Gasteiger partial charge in [0.25, 0.3) is 0 Å². The molecule has 0 aliphatic carbocycles. The molecule has 0 aromatic heterocycles. The third-order valence-electron chi connectivity index (χ3n) is 5.03. The fourth-order valence-electron chi connectivity index (χ4n) is 3.53. The quantitative estimate of drug-likeness (QED) is 0.641. The van der Waals surface area contributed by atoms with Gasteiger partial charge in [-0.2, -0.15) is 0 Å². The van der Waals surface area contributed by atoms with Crippen molar-refractivity contribution in [3.63, 3.8) is 0 Å². The summed E-state index contributed by atoms with van der Waals surface area (Å²) in [6.07, 6.45) is 0.458. The second kappa shape index (κ2) is 8.46. The van der Waals surface area contributed by atoms with Crippen molar-refractivity contribution in [2.75, 3.05) is 16.0 Å². The number of hydrogen-bond acceptors (Lipinski definition) is 3. The van der Waals surface area contributed by atoms with Gasteiger partial charge in [-0.15, -0.1) is 11.8 Å². The normalized spacial score (nSPS) is 17.3. The fraction of sp³-hybridized carbons (Fsp3) is 0.440. The number of carbonyl (C=O) groups excluding carboxylic acids is 2. The van der Waals surface area contributed by atoms with Crippen LogP contribution in [0.3, 0.4) is 0 Å². The third kappa shape index (κ3) is 5.45. The predicted octanol–water partition coefficient (Wildman–Crippen LogP) is 6.14. The molecule has 0 bridgehead atoms. The van der Waals surface area contributed by atoms with Crippen molar-refractivity contribution in [3.8, 4) is 0 Å². The van der Waals surface area contributed by atoms with Crippen molar-refractivity contribution in [1.82, 2.24) is 0 Å². The second-order valence-corrected chi connectivity index (χ2v) is 11.2. The molecule has 1 aliphatic heterocycles. The molecule has 1 unspecified atom stereocenters. The largest absolute Gasteiger partial charge is 0.326 e. The Labute approximate surface area is 184 Å². The second-order valence-electron chi connectivity index (χ2n) is 10.1. The summed E-state index contributed by atoms with van der Waals surface area (Å²) in [6, 6.07) is 16.1. The fourth-order valence-corrected chi connectivity index (χ4v) is 4.70. The number of amides is 2. The maximum absolute atomic E-state index is 12.7. The zero-order chi connectivity index (χ0) is 22.1. The van der Waals surface area contributed by atoms with Crippen molar-refractivity contribution >= 4 is 35.0 Å². The van der Waals surface area contributed by atoms with E-state index in [0.29, 0.717) is 12.2 Å². The Kier molecular flexibility index (Phi) is 6.32. The van der Waals surface area contributed by atoms with Gasteiger partial charge in [-0.05, 0) is 46.2 Å². The third-order valence-corrected chi connectivity index (χ3v) is 6.24. The van der Waals surface area contributed by atoms with Crippen LogP contribution >= 0.6 is 11.8 Å². The van der Waals surface area contributed by atoms with E-state index in [1.54, 1.807) is 11.8 Å². The van der Waals surface area contributed by atoms with E-state index < -0.39 is 0 Å². The number of thioether (sulfide) groups is 1. The highest BCUT2D eigenvalue weighted by atomic mass is 32.2. The minimum absolute atomic E-state index is 0.00410. The van der Waals surface area contributed by atoms with Crippen LogP contribution in [-0.2, 0) is 15.0 Å². The Bertz CT molecular complexity index is 923. The van der Waals surface area contributed by atoms with E-state index >= 15 is 0 Å². The Morgan fingerprint density at radius 2 is 1.73 bits per heavy atom. The van der Waals surface area contributed by atoms with Gasteiger partial charge in [-0.3, -0.25) is 14.5 Å². The Morgan fingerprint density at radius 3 is 2.33 bits per heavy atom. The molecule has 0 radical (unpaired) electrons. The van der Waals surface area contributed by atoms with Crippen LogP contribution in [-0.4, -0.2) is 17.6 Å². The molecular formula is C25H32N2O2S. The van der Waals surface area contributed by atoms with E-state index in [4.69, 9.17) is 0 Å². The van der Waals surface area contributed by atoms with Crippen molar-refractivity contribution in [2.45, 2.75) is 58.8 Å². The first-order chi connectivity index (χ1) is 13.9. The zero-order valence-electron chi connectivity index (χ0n) is 18.8. The van der Waals surface area contributed by atoms with Gasteiger partial charge < -0.3 is 5.32 Å². The summed E-state index contributed by atoms with van der Waals surface area (Å²) in [5, 5.41) is 2.90. The highest BCUT2D eigenvalue weighted by Crippen LogP contribution is 2.42. The minimum atomic E-state index is -0.0996.